The van der Waals surface area contributed by atoms with Crippen LogP contribution in [0.25, 0.3) is 10.2 Å². The van der Waals surface area contributed by atoms with Crippen LogP contribution in [0, 0.1) is 5.92 Å². The molecular weight excluding hydrogens is 368 g/mol. The molecule has 0 aliphatic carbocycles. The Balaban J connectivity index is 2.19. The molecule has 120 valence electrons. The Labute approximate surface area is 141 Å². The molecular formula is C15H19BrN2O3S. The third-order valence-corrected chi connectivity index (χ3v) is 4.90. The standard InChI is InChI=1S/C15H19BrN2O3S/c1-9(2)6-15(3,21-14(17)19)7-20-11-5-4-10(16)13-12(11)18-8-22-13/h4-5,8-9H,6-7H2,1-3H3,(H2,17,19). The first-order valence-corrected chi connectivity index (χ1v) is 8.61. The quantitative estimate of drug-likeness (QED) is 0.800. The van der Waals surface area contributed by atoms with Gasteiger partial charge in [0.05, 0.1) is 10.2 Å². The van der Waals surface area contributed by atoms with Gasteiger partial charge in [0.1, 0.15) is 23.5 Å². The first-order chi connectivity index (χ1) is 10.3. The van der Waals surface area contributed by atoms with Crippen molar-refractivity contribution in [3.05, 3.63) is 22.1 Å². The van der Waals surface area contributed by atoms with Gasteiger partial charge in [0.15, 0.2) is 0 Å². The van der Waals surface area contributed by atoms with Gasteiger partial charge in [0, 0.05) is 4.47 Å². The molecule has 0 saturated carbocycles. The van der Waals surface area contributed by atoms with Gasteiger partial charge in [-0.3, -0.25) is 0 Å². The summed E-state index contributed by atoms with van der Waals surface area (Å²) >= 11 is 5.03. The summed E-state index contributed by atoms with van der Waals surface area (Å²) in [7, 11) is 0. The van der Waals surface area contributed by atoms with E-state index in [-0.39, 0.29) is 6.61 Å². The minimum atomic E-state index is -0.790. The number of primary amides is 1. The number of amides is 1. The molecule has 0 spiro atoms. The molecule has 1 heterocycles. The zero-order valence-corrected chi connectivity index (χ0v) is 15.2. The van der Waals surface area contributed by atoms with Gasteiger partial charge in [0.25, 0.3) is 0 Å². The second kappa shape index (κ2) is 6.83. The van der Waals surface area contributed by atoms with Gasteiger partial charge < -0.3 is 15.2 Å². The van der Waals surface area contributed by atoms with Crippen LogP contribution in [0.15, 0.2) is 22.1 Å². The van der Waals surface area contributed by atoms with Crippen molar-refractivity contribution in [3.8, 4) is 5.75 Å². The SMILES string of the molecule is CC(C)CC(C)(COc1ccc(Br)c2scnc12)OC(N)=O. The third-order valence-electron chi connectivity index (χ3n) is 3.12. The average molecular weight is 387 g/mol. The Kier molecular flexibility index (Phi) is 5.28. The second-order valence-electron chi connectivity index (χ2n) is 5.83. The van der Waals surface area contributed by atoms with E-state index < -0.39 is 11.7 Å². The lowest BCUT2D eigenvalue weighted by Crippen LogP contribution is -2.41. The van der Waals surface area contributed by atoms with Crippen LogP contribution in [-0.4, -0.2) is 23.3 Å². The molecule has 0 saturated heterocycles. The van der Waals surface area contributed by atoms with E-state index in [0.29, 0.717) is 18.1 Å². The number of fused-ring (bicyclic) bond motifs is 1. The normalized spacial score (nSPS) is 14.0. The molecule has 5 nitrogen and oxygen atoms in total. The van der Waals surface area contributed by atoms with Gasteiger partial charge in [-0.2, -0.15) is 0 Å². The van der Waals surface area contributed by atoms with Crippen LogP contribution >= 0.6 is 27.3 Å². The number of hydrogen-bond acceptors (Lipinski definition) is 5. The third kappa shape index (κ3) is 4.10. The van der Waals surface area contributed by atoms with E-state index in [0.717, 1.165) is 14.7 Å². The summed E-state index contributed by atoms with van der Waals surface area (Å²) in [5.41, 5.74) is 6.99. The minimum Gasteiger partial charge on any atom is -0.487 e. The van der Waals surface area contributed by atoms with Crippen LogP contribution in [-0.2, 0) is 4.74 Å². The van der Waals surface area contributed by atoms with Crippen LogP contribution in [0.3, 0.4) is 0 Å². The van der Waals surface area contributed by atoms with Crippen molar-refractivity contribution in [2.24, 2.45) is 11.7 Å². The number of nitrogens with two attached hydrogens (primary N) is 1. The Morgan fingerprint density at radius 3 is 2.86 bits per heavy atom. The maximum Gasteiger partial charge on any atom is 0.405 e. The van der Waals surface area contributed by atoms with E-state index in [1.54, 1.807) is 5.51 Å². The van der Waals surface area contributed by atoms with E-state index >= 15 is 0 Å². The molecule has 0 radical (unpaired) electrons. The maximum absolute atomic E-state index is 11.2. The van der Waals surface area contributed by atoms with Crippen LogP contribution in [0.4, 0.5) is 4.79 Å². The van der Waals surface area contributed by atoms with E-state index in [1.165, 1.54) is 11.3 Å². The predicted octanol–water partition coefficient (Wildman–Crippen LogP) is 4.34. The van der Waals surface area contributed by atoms with Gasteiger partial charge in [-0.15, -0.1) is 11.3 Å². The van der Waals surface area contributed by atoms with Crippen molar-refractivity contribution >= 4 is 43.6 Å². The van der Waals surface area contributed by atoms with Gasteiger partial charge >= 0.3 is 6.09 Å². The number of aromatic nitrogens is 1. The summed E-state index contributed by atoms with van der Waals surface area (Å²) < 4.78 is 13.2. The number of halogens is 1. The Morgan fingerprint density at radius 2 is 2.23 bits per heavy atom. The zero-order chi connectivity index (χ0) is 16.3. The molecule has 1 atom stereocenters. The van der Waals surface area contributed by atoms with Gasteiger partial charge in [0.2, 0.25) is 0 Å². The number of carbonyl (C=O) groups is 1. The Hall–Kier alpha value is -1.34. The molecule has 1 aromatic heterocycles. The fourth-order valence-electron chi connectivity index (χ4n) is 2.48. The van der Waals surface area contributed by atoms with E-state index in [1.807, 2.05) is 19.1 Å². The topological polar surface area (TPSA) is 74.4 Å². The first kappa shape index (κ1) is 17.0. The highest BCUT2D eigenvalue weighted by Crippen LogP contribution is 2.34. The lowest BCUT2D eigenvalue weighted by atomic mass is 9.95. The Bertz CT molecular complexity index is 674. The Morgan fingerprint density at radius 1 is 1.50 bits per heavy atom. The predicted molar refractivity (Wildman–Crippen MR) is 91.3 cm³/mol. The lowest BCUT2D eigenvalue weighted by Gasteiger charge is -2.30. The average Bonchev–Trinajstić information content (AvgIpc) is 2.86. The largest absolute Gasteiger partial charge is 0.487 e. The smallest absolute Gasteiger partial charge is 0.405 e. The molecule has 1 unspecified atom stereocenters. The number of hydrogen-bond donors (Lipinski definition) is 1. The van der Waals surface area contributed by atoms with Crippen LogP contribution in [0.1, 0.15) is 27.2 Å². The molecule has 2 aromatic rings. The fourth-order valence-corrected chi connectivity index (χ4v) is 3.79. The lowest BCUT2D eigenvalue weighted by molar-refractivity contribution is -0.0183. The molecule has 7 heteroatoms. The molecule has 0 aliphatic rings. The first-order valence-electron chi connectivity index (χ1n) is 6.94. The van der Waals surface area contributed by atoms with Crippen LogP contribution in [0.5, 0.6) is 5.75 Å². The molecule has 22 heavy (non-hydrogen) atoms. The highest BCUT2D eigenvalue weighted by atomic mass is 79.9. The van der Waals surface area contributed by atoms with Crippen molar-refractivity contribution in [1.29, 1.82) is 0 Å². The van der Waals surface area contributed by atoms with Crippen molar-refractivity contribution in [2.75, 3.05) is 6.61 Å². The summed E-state index contributed by atoms with van der Waals surface area (Å²) in [4.78, 5) is 15.5. The molecule has 0 bridgehead atoms. The fraction of sp³-hybridized carbons (Fsp3) is 0.467. The van der Waals surface area contributed by atoms with Gasteiger partial charge in [-0.1, -0.05) is 13.8 Å². The summed E-state index contributed by atoms with van der Waals surface area (Å²) in [6.45, 7) is 6.17. The molecule has 2 rings (SSSR count). The second-order valence-corrected chi connectivity index (χ2v) is 7.54. The summed E-state index contributed by atoms with van der Waals surface area (Å²) in [6.07, 6.45) is -0.131. The monoisotopic (exact) mass is 386 g/mol. The summed E-state index contributed by atoms with van der Waals surface area (Å²) in [5, 5.41) is 0. The molecule has 2 N–H and O–H groups in total. The van der Waals surface area contributed by atoms with E-state index in [2.05, 4.69) is 34.8 Å². The number of thiazole rings is 1. The van der Waals surface area contributed by atoms with Gasteiger partial charge in [-0.25, -0.2) is 9.78 Å². The number of ether oxygens (including phenoxy) is 2. The highest BCUT2D eigenvalue weighted by molar-refractivity contribution is 9.10. The number of carbonyl (C=O) groups excluding carboxylic acids is 1. The number of rotatable bonds is 6. The van der Waals surface area contributed by atoms with E-state index in [9.17, 15) is 4.79 Å². The van der Waals surface area contributed by atoms with Crippen molar-refractivity contribution in [2.45, 2.75) is 32.8 Å². The molecule has 1 aromatic carbocycles. The van der Waals surface area contributed by atoms with Crippen molar-refractivity contribution < 1.29 is 14.3 Å². The summed E-state index contributed by atoms with van der Waals surface area (Å²) in [6, 6.07) is 3.77. The van der Waals surface area contributed by atoms with Gasteiger partial charge in [-0.05, 0) is 47.3 Å². The van der Waals surface area contributed by atoms with E-state index in [4.69, 9.17) is 15.2 Å². The maximum atomic E-state index is 11.2. The minimum absolute atomic E-state index is 0.225. The molecule has 1 amide bonds. The summed E-state index contributed by atoms with van der Waals surface area (Å²) in [5.74, 6) is 1.01. The number of nitrogens with zero attached hydrogens (tertiary/aromatic N) is 1. The number of benzene rings is 1. The molecule has 0 fully saturated rings. The van der Waals surface area contributed by atoms with Crippen LogP contribution in [0.2, 0.25) is 0 Å². The van der Waals surface area contributed by atoms with Crippen molar-refractivity contribution in [1.82, 2.24) is 4.98 Å². The molecule has 0 aliphatic heterocycles. The highest BCUT2D eigenvalue weighted by Gasteiger charge is 2.30. The van der Waals surface area contributed by atoms with Crippen molar-refractivity contribution in [3.63, 3.8) is 0 Å². The zero-order valence-electron chi connectivity index (χ0n) is 12.8. The van der Waals surface area contributed by atoms with Crippen LogP contribution < -0.4 is 10.5 Å².